The minimum absolute atomic E-state index is 0.0375. The molecule has 1 atom stereocenters. The summed E-state index contributed by atoms with van der Waals surface area (Å²) < 4.78 is 38.5. The van der Waals surface area contributed by atoms with Crippen molar-refractivity contribution in [2.24, 2.45) is 5.92 Å². The van der Waals surface area contributed by atoms with E-state index >= 15 is 0 Å². The summed E-state index contributed by atoms with van der Waals surface area (Å²) in [5.41, 5.74) is 1.82. The first-order valence-electron chi connectivity index (χ1n) is 14.8. The van der Waals surface area contributed by atoms with E-state index in [1.54, 1.807) is 24.3 Å². The second-order valence-corrected chi connectivity index (χ2v) is 11.7. The molecule has 0 aromatic heterocycles. The van der Waals surface area contributed by atoms with E-state index in [-0.39, 0.29) is 12.0 Å². The van der Waals surface area contributed by atoms with E-state index in [2.05, 4.69) is 5.32 Å². The van der Waals surface area contributed by atoms with Crippen LogP contribution >= 0.6 is 0 Å². The summed E-state index contributed by atoms with van der Waals surface area (Å²) >= 11 is 0. The number of ether oxygens (including phenoxy) is 1. The number of fused-ring (bicyclic) bond motifs is 3. The van der Waals surface area contributed by atoms with Gasteiger partial charge in [0.05, 0.1) is 26.2 Å². The summed E-state index contributed by atoms with van der Waals surface area (Å²) in [6, 6.07) is 23.9. The first-order valence-corrected chi connectivity index (χ1v) is 14.8. The average molecular weight is 627 g/mol. The van der Waals surface area contributed by atoms with Gasteiger partial charge in [-0.25, -0.2) is 4.79 Å². The minimum atomic E-state index is -5.19. The Bertz CT molecular complexity index is 1430. The maximum atomic E-state index is 13.7. The number of nitrogens with one attached hydrogen (secondary N) is 1. The molecule has 11 heteroatoms. The maximum Gasteiger partial charge on any atom is 0.430 e. The number of carbonyl (C=O) groups is 3. The number of benzene rings is 3. The number of halogens is 3. The average Bonchev–Trinajstić information content (AvgIpc) is 3.01. The number of amides is 1. The zero-order valence-corrected chi connectivity index (χ0v) is 25.2. The van der Waals surface area contributed by atoms with Crippen molar-refractivity contribution in [3.05, 3.63) is 107 Å². The monoisotopic (exact) mass is 626 g/mol. The lowest BCUT2D eigenvalue weighted by molar-refractivity contribution is -0.945. The second-order valence-electron chi connectivity index (χ2n) is 11.7. The number of esters is 1. The van der Waals surface area contributed by atoms with Crippen LogP contribution in [0.15, 0.2) is 78.9 Å². The van der Waals surface area contributed by atoms with Crippen molar-refractivity contribution in [1.82, 2.24) is 5.32 Å². The Hall–Kier alpha value is -4.22. The van der Waals surface area contributed by atoms with Gasteiger partial charge in [-0.3, -0.25) is 4.79 Å². The van der Waals surface area contributed by atoms with Crippen molar-refractivity contribution in [2.45, 2.75) is 44.6 Å². The van der Waals surface area contributed by atoms with E-state index in [1.807, 2.05) is 68.4 Å². The quantitative estimate of drug-likeness (QED) is 0.293. The van der Waals surface area contributed by atoms with Gasteiger partial charge >= 0.3 is 12.1 Å². The van der Waals surface area contributed by atoms with E-state index in [4.69, 9.17) is 14.6 Å². The first-order chi connectivity index (χ1) is 21.3. The molecule has 1 amide bonds. The Morgan fingerprint density at radius 1 is 0.889 bits per heavy atom. The summed E-state index contributed by atoms with van der Waals surface area (Å²) in [6.07, 6.45) is -3.52. The van der Waals surface area contributed by atoms with Gasteiger partial charge in [-0.1, -0.05) is 78.9 Å². The van der Waals surface area contributed by atoms with Gasteiger partial charge in [-0.05, 0) is 36.1 Å². The van der Waals surface area contributed by atoms with E-state index in [0.717, 1.165) is 53.6 Å². The van der Waals surface area contributed by atoms with Crippen LogP contribution in [0.25, 0.3) is 0 Å². The van der Waals surface area contributed by atoms with Crippen LogP contribution < -0.4 is 10.4 Å². The predicted molar refractivity (Wildman–Crippen MR) is 158 cm³/mol. The normalized spacial score (nSPS) is 20.8. The highest BCUT2D eigenvalue weighted by molar-refractivity contribution is 5.97. The molecule has 3 aromatic rings. The van der Waals surface area contributed by atoms with E-state index < -0.39 is 23.7 Å². The minimum Gasteiger partial charge on any atom is -0.542 e. The number of piperidine rings is 3. The van der Waals surface area contributed by atoms with Gasteiger partial charge in [-0.15, -0.1) is 0 Å². The van der Waals surface area contributed by atoms with Crippen LogP contribution in [-0.4, -0.2) is 72.4 Å². The third-order valence-corrected chi connectivity index (χ3v) is 8.79. The van der Waals surface area contributed by atoms with Crippen LogP contribution in [0.5, 0.6) is 0 Å². The van der Waals surface area contributed by atoms with Crippen molar-refractivity contribution < 1.29 is 47.0 Å². The molecule has 2 bridgehead atoms. The van der Waals surface area contributed by atoms with E-state index in [1.165, 1.54) is 0 Å². The summed E-state index contributed by atoms with van der Waals surface area (Å²) in [4.78, 5) is 35.4. The van der Waals surface area contributed by atoms with Crippen molar-refractivity contribution in [2.75, 3.05) is 32.7 Å². The topological polar surface area (TPSA) is 116 Å². The van der Waals surface area contributed by atoms with Crippen molar-refractivity contribution in [3.8, 4) is 0 Å². The Balaban J connectivity index is 0.000000591. The smallest absolute Gasteiger partial charge is 0.430 e. The molecule has 0 radical (unpaired) electrons. The Morgan fingerprint density at radius 2 is 1.38 bits per heavy atom. The number of nitrogens with zero attached hydrogens (tertiary/aromatic N) is 1. The fraction of sp³-hybridized carbons (Fsp3) is 0.382. The standard InChI is InChI=1S/C32H36N2O4.C2HF3O2/c1-23-10-9-11-24(2)29(23)30(35)33-18-21-34-19-16-25(17-20-34)28(22-34)38-31(36)32(37,26-12-5-3-6-13-26)27-14-7-4-8-15-27;3-2(4,5)1(6)7/h3-15,25,28,37H,16-22H2,1-2H3;(H,6,7)/t25?,28-,34?;/m0./s1. The molecular formula is C34H37F3N2O6. The molecule has 6 rings (SSSR count). The largest absolute Gasteiger partial charge is 0.542 e. The van der Waals surface area contributed by atoms with Crippen LogP contribution in [0.2, 0.25) is 0 Å². The summed E-state index contributed by atoms with van der Waals surface area (Å²) in [7, 11) is 0. The van der Waals surface area contributed by atoms with Crippen LogP contribution in [0.4, 0.5) is 13.2 Å². The van der Waals surface area contributed by atoms with Gasteiger partial charge in [0.1, 0.15) is 12.5 Å². The number of hydrogen-bond acceptors (Lipinski definition) is 6. The highest BCUT2D eigenvalue weighted by atomic mass is 19.4. The van der Waals surface area contributed by atoms with Crippen molar-refractivity contribution >= 4 is 17.8 Å². The Morgan fingerprint density at radius 3 is 1.84 bits per heavy atom. The summed E-state index contributed by atoms with van der Waals surface area (Å²) in [6.45, 7) is 8.01. The van der Waals surface area contributed by atoms with Gasteiger partial charge in [0.25, 0.3) is 5.91 Å². The predicted octanol–water partition coefficient (Wildman–Crippen LogP) is 3.42. The number of rotatable bonds is 8. The number of aliphatic carboxylic acids is 1. The lowest BCUT2D eigenvalue weighted by Gasteiger charge is -2.52. The third-order valence-electron chi connectivity index (χ3n) is 8.79. The van der Waals surface area contributed by atoms with Gasteiger partial charge < -0.3 is 29.5 Å². The third kappa shape index (κ3) is 7.72. The molecule has 2 N–H and O–H groups in total. The molecule has 3 fully saturated rings. The lowest BCUT2D eigenvalue weighted by Crippen LogP contribution is -2.66. The molecule has 0 spiro atoms. The molecule has 240 valence electrons. The fourth-order valence-corrected chi connectivity index (χ4v) is 6.32. The first kappa shape index (κ1) is 33.7. The number of alkyl halides is 3. The number of hydrogen-bond donors (Lipinski definition) is 2. The molecule has 8 nitrogen and oxygen atoms in total. The molecule has 3 saturated heterocycles. The lowest BCUT2D eigenvalue weighted by atomic mass is 9.82. The molecule has 3 aliphatic heterocycles. The molecule has 0 saturated carbocycles. The van der Waals surface area contributed by atoms with Crippen LogP contribution in [-0.2, 0) is 19.9 Å². The number of aryl methyl sites for hydroxylation is 2. The van der Waals surface area contributed by atoms with Gasteiger partial charge in [0.2, 0.25) is 5.60 Å². The Labute approximate surface area is 260 Å². The molecular weight excluding hydrogens is 589 g/mol. The van der Waals surface area contributed by atoms with Crippen molar-refractivity contribution in [3.63, 3.8) is 0 Å². The molecule has 45 heavy (non-hydrogen) atoms. The Kier molecular flexibility index (Phi) is 10.3. The number of quaternary nitrogens is 1. The molecule has 0 unspecified atom stereocenters. The highest BCUT2D eigenvalue weighted by Crippen LogP contribution is 2.38. The van der Waals surface area contributed by atoms with E-state index in [0.29, 0.717) is 30.1 Å². The fourth-order valence-electron chi connectivity index (χ4n) is 6.32. The number of carbonyl (C=O) groups excluding carboxylic acids is 3. The summed E-state index contributed by atoms with van der Waals surface area (Å²) in [5, 5.41) is 23.7. The molecule has 0 aliphatic carbocycles. The van der Waals surface area contributed by atoms with E-state index in [9.17, 15) is 27.9 Å². The maximum absolute atomic E-state index is 13.7. The van der Waals surface area contributed by atoms with Crippen LogP contribution in [0.1, 0.15) is 45.5 Å². The molecule has 3 heterocycles. The molecule has 3 aromatic carbocycles. The highest BCUT2D eigenvalue weighted by Gasteiger charge is 2.50. The van der Waals surface area contributed by atoms with Gasteiger partial charge in [0, 0.05) is 24.3 Å². The zero-order valence-electron chi connectivity index (χ0n) is 25.2. The zero-order chi connectivity index (χ0) is 32.8. The van der Waals surface area contributed by atoms with Gasteiger partial charge in [0.15, 0.2) is 6.10 Å². The van der Waals surface area contributed by atoms with Crippen molar-refractivity contribution in [1.29, 1.82) is 0 Å². The van der Waals surface area contributed by atoms with Gasteiger partial charge in [-0.2, -0.15) is 13.2 Å². The number of carboxylic acids is 1. The van der Waals surface area contributed by atoms with Crippen LogP contribution in [0, 0.1) is 19.8 Å². The number of carboxylic acid groups (broad SMARTS) is 1. The van der Waals surface area contributed by atoms with Crippen LogP contribution in [0.3, 0.4) is 0 Å². The SMILES string of the molecule is Cc1cccc(C)c1C(=O)NCC[N+]12CCC(CC1)[C@@H](OC(=O)C(O)(c1ccccc1)c1ccccc1)C2.O=C([O-])C(F)(F)F. The second kappa shape index (κ2) is 13.8. The molecule has 3 aliphatic rings. The summed E-state index contributed by atoms with van der Waals surface area (Å²) in [5.74, 6) is -3.38. The number of aliphatic hydroxyl groups is 1.